The van der Waals surface area contributed by atoms with Gasteiger partial charge in [0, 0.05) is 36.7 Å². The van der Waals surface area contributed by atoms with Crippen molar-refractivity contribution in [3.8, 4) is 0 Å². The first-order valence-corrected chi connectivity index (χ1v) is 11.4. The number of amides is 1. The van der Waals surface area contributed by atoms with Crippen LogP contribution in [0.5, 0.6) is 0 Å². The molecule has 0 atom stereocenters. The lowest BCUT2D eigenvalue weighted by molar-refractivity contribution is -0.142. The predicted octanol–water partition coefficient (Wildman–Crippen LogP) is 5.04. The molecular weight excluding hydrogens is 444 g/mol. The zero-order chi connectivity index (χ0) is 20.6. The Bertz CT molecular complexity index is 999. The molecule has 0 bridgehead atoms. The van der Waals surface area contributed by atoms with Crippen molar-refractivity contribution < 1.29 is 13.9 Å². The highest BCUT2D eigenvalue weighted by Crippen LogP contribution is 2.39. The highest BCUT2D eigenvalue weighted by atomic mass is 79.9. The molecule has 2 aromatic carbocycles. The van der Waals surface area contributed by atoms with Gasteiger partial charge in [-0.25, -0.2) is 4.98 Å². The third-order valence-corrected chi connectivity index (χ3v) is 7.12. The van der Waals surface area contributed by atoms with Gasteiger partial charge in [-0.1, -0.05) is 40.2 Å². The number of likely N-dealkylation sites (tertiary alicyclic amines) is 1. The van der Waals surface area contributed by atoms with E-state index in [-0.39, 0.29) is 11.8 Å². The zero-order valence-electron chi connectivity index (χ0n) is 16.9. The minimum atomic E-state index is -0.483. The number of para-hydroxylation sites is 2. The Balaban J connectivity index is 1.33. The second-order valence-corrected chi connectivity index (χ2v) is 9.20. The third-order valence-electron chi connectivity index (χ3n) is 6.59. The van der Waals surface area contributed by atoms with Crippen LogP contribution < -0.4 is 0 Å². The summed E-state index contributed by atoms with van der Waals surface area (Å²) in [4.78, 5) is 20.5. The van der Waals surface area contributed by atoms with Gasteiger partial charge in [-0.2, -0.15) is 0 Å². The van der Waals surface area contributed by atoms with Crippen molar-refractivity contribution in [2.75, 3.05) is 26.3 Å². The molecule has 6 heteroatoms. The van der Waals surface area contributed by atoms with Gasteiger partial charge >= 0.3 is 0 Å². The van der Waals surface area contributed by atoms with Gasteiger partial charge in [0.05, 0.1) is 5.41 Å². The van der Waals surface area contributed by atoms with Crippen LogP contribution in [0.4, 0.5) is 0 Å². The Morgan fingerprint density at radius 1 is 1.03 bits per heavy atom. The molecule has 2 aliphatic heterocycles. The maximum Gasteiger partial charge on any atom is 0.233 e. The number of halogens is 1. The van der Waals surface area contributed by atoms with E-state index in [0.29, 0.717) is 13.2 Å². The van der Waals surface area contributed by atoms with Crippen LogP contribution in [-0.2, 0) is 14.9 Å². The second kappa shape index (κ2) is 8.16. The fraction of sp³-hybridized carbons (Fsp3) is 0.417. The predicted molar refractivity (Wildman–Crippen MR) is 118 cm³/mol. The highest BCUT2D eigenvalue weighted by Gasteiger charge is 2.44. The molecule has 0 spiro atoms. The van der Waals surface area contributed by atoms with Crippen LogP contribution in [0.15, 0.2) is 57.4 Å². The first kappa shape index (κ1) is 19.8. The van der Waals surface area contributed by atoms with Crippen molar-refractivity contribution in [2.24, 2.45) is 0 Å². The van der Waals surface area contributed by atoms with E-state index in [2.05, 4.69) is 33.0 Å². The van der Waals surface area contributed by atoms with Gasteiger partial charge in [0.1, 0.15) is 5.52 Å². The molecule has 0 unspecified atom stereocenters. The Hall–Kier alpha value is -2.18. The quantitative estimate of drug-likeness (QED) is 0.539. The number of benzene rings is 2. The standard InChI is InChI=1S/C24H25BrN2O3/c25-19-7-5-18(6-8-19)24(11-15-29-16-12-24)23(28)27-13-9-17(10-14-27)22-26-20-3-1-2-4-21(20)30-22/h1-8,17H,9-16H2. The number of carbonyl (C=O) groups is 1. The normalized spacial score (nSPS) is 19.8. The molecule has 1 aromatic heterocycles. The fourth-order valence-electron chi connectivity index (χ4n) is 4.81. The van der Waals surface area contributed by atoms with E-state index in [9.17, 15) is 4.79 Å². The van der Waals surface area contributed by atoms with Crippen LogP contribution in [0.25, 0.3) is 11.1 Å². The maximum atomic E-state index is 13.8. The summed E-state index contributed by atoms with van der Waals surface area (Å²) in [5.41, 5.74) is 2.36. The van der Waals surface area contributed by atoms with Crippen molar-refractivity contribution in [2.45, 2.75) is 37.0 Å². The Kier molecular flexibility index (Phi) is 5.37. The summed E-state index contributed by atoms with van der Waals surface area (Å²) >= 11 is 3.51. The van der Waals surface area contributed by atoms with Gasteiger partial charge in [-0.15, -0.1) is 0 Å². The van der Waals surface area contributed by atoms with Crippen molar-refractivity contribution >= 4 is 32.9 Å². The molecule has 5 nitrogen and oxygen atoms in total. The summed E-state index contributed by atoms with van der Waals surface area (Å²) < 4.78 is 12.6. The van der Waals surface area contributed by atoms with Crippen LogP contribution in [0.1, 0.15) is 43.1 Å². The fourth-order valence-corrected chi connectivity index (χ4v) is 5.08. The number of hydrogen-bond donors (Lipinski definition) is 0. The summed E-state index contributed by atoms with van der Waals surface area (Å²) in [6, 6.07) is 16.1. The molecule has 3 heterocycles. The lowest BCUT2D eigenvalue weighted by Crippen LogP contribution is -2.51. The molecule has 3 aromatic rings. The first-order chi connectivity index (χ1) is 14.7. The second-order valence-electron chi connectivity index (χ2n) is 8.29. The molecule has 0 aliphatic carbocycles. The number of rotatable bonds is 3. The number of carbonyl (C=O) groups excluding carboxylic acids is 1. The molecule has 30 heavy (non-hydrogen) atoms. The third kappa shape index (κ3) is 3.56. The molecule has 2 saturated heterocycles. The van der Waals surface area contributed by atoms with E-state index in [1.807, 2.05) is 41.3 Å². The summed E-state index contributed by atoms with van der Waals surface area (Å²) in [6.45, 7) is 2.73. The first-order valence-electron chi connectivity index (χ1n) is 10.6. The molecule has 156 valence electrons. The van der Waals surface area contributed by atoms with Gasteiger partial charge in [-0.05, 0) is 55.5 Å². The summed E-state index contributed by atoms with van der Waals surface area (Å²) in [5, 5.41) is 0. The maximum absolute atomic E-state index is 13.8. The number of aromatic nitrogens is 1. The molecular formula is C24H25BrN2O3. The molecule has 2 fully saturated rings. The van der Waals surface area contributed by atoms with Crippen molar-refractivity contribution in [3.63, 3.8) is 0 Å². The van der Waals surface area contributed by atoms with Crippen molar-refractivity contribution in [3.05, 3.63) is 64.5 Å². The number of nitrogens with zero attached hydrogens (tertiary/aromatic N) is 2. The van der Waals surface area contributed by atoms with E-state index in [1.54, 1.807) is 0 Å². The SMILES string of the molecule is O=C(N1CCC(c2nc3ccccc3o2)CC1)C1(c2ccc(Br)cc2)CCOCC1. The highest BCUT2D eigenvalue weighted by molar-refractivity contribution is 9.10. The number of fused-ring (bicyclic) bond motifs is 1. The number of piperidine rings is 1. The van der Waals surface area contributed by atoms with Crippen molar-refractivity contribution in [1.29, 1.82) is 0 Å². The van der Waals surface area contributed by atoms with Crippen LogP contribution in [0.3, 0.4) is 0 Å². The molecule has 1 amide bonds. The van der Waals surface area contributed by atoms with Gasteiger partial charge in [-0.3, -0.25) is 4.79 Å². The summed E-state index contributed by atoms with van der Waals surface area (Å²) in [7, 11) is 0. The molecule has 0 saturated carbocycles. The van der Waals surface area contributed by atoms with Crippen LogP contribution in [0.2, 0.25) is 0 Å². The van der Waals surface area contributed by atoms with Gasteiger partial charge < -0.3 is 14.1 Å². The minimum Gasteiger partial charge on any atom is -0.440 e. The molecule has 5 rings (SSSR count). The lowest BCUT2D eigenvalue weighted by atomic mass is 9.72. The van der Waals surface area contributed by atoms with Crippen LogP contribution in [0, 0.1) is 0 Å². The van der Waals surface area contributed by atoms with E-state index >= 15 is 0 Å². The Morgan fingerprint density at radius 3 is 2.43 bits per heavy atom. The topological polar surface area (TPSA) is 55.6 Å². The largest absolute Gasteiger partial charge is 0.440 e. The van der Waals surface area contributed by atoms with Crippen LogP contribution >= 0.6 is 15.9 Å². The average Bonchev–Trinajstić information content (AvgIpc) is 3.24. The van der Waals surface area contributed by atoms with E-state index in [1.165, 1.54) is 0 Å². The van der Waals surface area contributed by atoms with E-state index in [0.717, 1.165) is 65.8 Å². The molecule has 0 radical (unpaired) electrons. The van der Waals surface area contributed by atoms with Gasteiger partial charge in [0.25, 0.3) is 0 Å². The number of ether oxygens (including phenoxy) is 1. The monoisotopic (exact) mass is 468 g/mol. The van der Waals surface area contributed by atoms with Crippen molar-refractivity contribution in [1.82, 2.24) is 9.88 Å². The molecule has 2 aliphatic rings. The smallest absolute Gasteiger partial charge is 0.233 e. The van der Waals surface area contributed by atoms with Gasteiger partial charge in [0.2, 0.25) is 5.91 Å². The van der Waals surface area contributed by atoms with Crippen LogP contribution in [-0.4, -0.2) is 42.1 Å². The summed E-state index contributed by atoms with van der Waals surface area (Å²) in [6.07, 6.45) is 3.23. The van der Waals surface area contributed by atoms with E-state index < -0.39 is 5.41 Å². The Morgan fingerprint density at radius 2 is 1.73 bits per heavy atom. The summed E-state index contributed by atoms with van der Waals surface area (Å²) in [5.74, 6) is 1.31. The number of oxazole rings is 1. The minimum absolute atomic E-state index is 0.240. The Labute approximate surface area is 184 Å². The van der Waals surface area contributed by atoms with E-state index in [4.69, 9.17) is 9.15 Å². The van der Waals surface area contributed by atoms with Gasteiger partial charge in [0.15, 0.2) is 11.5 Å². The zero-order valence-corrected chi connectivity index (χ0v) is 18.4. The molecule has 0 N–H and O–H groups in total. The average molecular weight is 469 g/mol. The number of hydrogen-bond acceptors (Lipinski definition) is 4. The lowest BCUT2D eigenvalue weighted by Gasteiger charge is -2.42.